The Morgan fingerprint density at radius 1 is 1.29 bits per heavy atom. The van der Waals surface area contributed by atoms with E-state index in [1.54, 1.807) is 29.6 Å². The third kappa shape index (κ3) is 3.14. The number of thiophene rings is 1. The number of benzene rings is 1. The van der Waals surface area contributed by atoms with Crippen LogP contribution in [0.5, 0.6) is 0 Å². The van der Waals surface area contributed by atoms with Gasteiger partial charge in [0.15, 0.2) is 6.61 Å². The predicted octanol–water partition coefficient (Wildman–Crippen LogP) is 3.29. The summed E-state index contributed by atoms with van der Waals surface area (Å²) in [6.45, 7) is -0.106. The highest BCUT2D eigenvalue weighted by Crippen LogP contribution is 2.17. The van der Waals surface area contributed by atoms with Crippen molar-refractivity contribution in [1.82, 2.24) is 10.1 Å². The van der Waals surface area contributed by atoms with E-state index in [-0.39, 0.29) is 18.3 Å². The minimum absolute atomic E-state index is 0.106. The van der Waals surface area contributed by atoms with Gasteiger partial charge in [0.1, 0.15) is 10.7 Å². The molecular formula is C14H9FN2O3S. The fourth-order valence-electron chi connectivity index (χ4n) is 1.62. The average molecular weight is 304 g/mol. The Labute approximate surface area is 123 Å². The van der Waals surface area contributed by atoms with Gasteiger partial charge in [-0.25, -0.2) is 9.18 Å². The summed E-state index contributed by atoms with van der Waals surface area (Å²) in [6, 6.07) is 9.14. The minimum Gasteiger partial charge on any atom is -0.451 e. The van der Waals surface area contributed by atoms with Crippen molar-refractivity contribution in [3.8, 4) is 11.4 Å². The molecular weight excluding hydrogens is 295 g/mol. The Morgan fingerprint density at radius 2 is 2.10 bits per heavy atom. The molecule has 21 heavy (non-hydrogen) atoms. The first kappa shape index (κ1) is 13.4. The van der Waals surface area contributed by atoms with Crippen molar-refractivity contribution in [3.63, 3.8) is 0 Å². The van der Waals surface area contributed by atoms with E-state index < -0.39 is 5.97 Å². The normalized spacial score (nSPS) is 10.5. The Bertz CT molecular complexity index is 738. The van der Waals surface area contributed by atoms with Gasteiger partial charge in [0.25, 0.3) is 5.89 Å². The second-order valence-corrected chi connectivity index (χ2v) is 5.02. The summed E-state index contributed by atoms with van der Waals surface area (Å²) in [6.07, 6.45) is 0. The van der Waals surface area contributed by atoms with Crippen LogP contribution in [-0.4, -0.2) is 16.1 Å². The topological polar surface area (TPSA) is 65.2 Å². The van der Waals surface area contributed by atoms with Crippen LogP contribution in [-0.2, 0) is 11.3 Å². The van der Waals surface area contributed by atoms with Crippen LogP contribution < -0.4 is 0 Å². The number of carbonyl (C=O) groups excluding carboxylic acids is 1. The van der Waals surface area contributed by atoms with Crippen LogP contribution in [0.15, 0.2) is 46.3 Å². The SMILES string of the molecule is O=C(OCc1nc(-c2ccc(F)cc2)no1)c1cccs1. The van der Waals surface area contributed by atoms with E-state index in [1.165, 1.54) is 23.5 Å². The molecule has 5 nitrogen and oxygen atoms in total. The second-order valence-electron chi connectivity index (χ2n) is 4.07. The molecule has 0 saturated heterocycles. The minimum atomic E-state index is -0.438. The van der Waals surface area contributed by atoms with Gasteiger partial charge in [-0.15, -0.1) is 11.3 Å². The number of ether oxygens (including phenoxy) is 1. The van der Waals surface area contributed by atoms with Gasteiger partial charge >= 0.3 is 5.97 Å². The zero-order valence-electron chi connectivity index (χ0n) is 10.7. The quantitative estimate of drug-likeness (QED) is 0.692. The lowest BCUT2D eigenvalue weighted by molar-refractivity contribution is 0.0435. The number of rotatable bonds is 4. The standard InChI is InChI=1S/C14H9FN2O3S/c15-10-5-3-9(4-6-10)13-16-12(20-17-13)8-19-14(18)11-2-1-7-21-11/h1-7H,8H2. The van der Waals surface area contributed by atoms with E-state index in [2.05, 4.69) is 10.1 Å². The lowest BCUT2D eigenvalue weighted by atomic mass is 10.2. The smallest absolute Gasteiger partial charge is 0.348 e. The van der Waals surface area contributed by atoms with E-state index in [0.29, 0.717) is 16.3 Å². The zero-order valence-corrected chi connectivity index (χ0v) is 11.5. The third-order valence-corrected chi connectivity index (χ3v) is 3.47. The summed E-state index contributed by atoms with van der Waals surface area (Å²) in [5, 5.41) is 5.55. The summed E-state index contributed by atoms with van der Waals surface area (Å²) < 4.78 is 22.9. The molecule has 0 atom stereocenters. The van der Waals surface area contributed by atoms with Crippen LogP contribution in [0.4, 0.5) is 4.39 Å². The van der Waals surface area contributed by atoms with Crippen molar-refractivity contribution in [2.45, 2.75) is 6.61 Å². The maximum atomic E-state index is 12.8. The molecule has 0 aliphatic rings. The van der Waals surface area contributed by atoms with Crippen LogP contribution in [0.1, 0.15) is 15.6 Å². The Morgan fingerprint density at radius 3 is 2.81 bits per heavy atom. The van der Waals surface area contributed by atoms with Crippen molar-refractivity contribution in [3.05, 3.63) is 58.4 Å². The highest BCUT2D eigenvalue weighted by molar-refractivity contribution is 7.11. The predicted molar refractivity (Wildman–Crippen MR) is 73.1 cm³/mol. The molecule has 2 aromatic heterocycles. The molecule has 3 rings (SSSR count). The number of aromatic nitrogens is 2. The number of hydrogen-bond acceptors (Lipinski definition) is 6. The molecule has 0 N–H and O–H groups in total. The summed E-state index contributed by atoms with van der Waals surface area (Å²) >= 11 is 1.29. The van der Waals surface area contributed by atoms with Crippen LogP contribution >= 0.6 is 11.3 Å². The summed E-state index contributed by atoms with van der Waals surface area (Å²) in [5.41, 5.74) is 0.621. The van der Waals surface area contributed by atoms with E-state index >= 15 is 0 Å². The third-order valence-electron chi connectivity index (χ3n) is 2.62. The van der Waals surface area contributed by atoms with E-state index in [4.69, 9.17) is 9.26 Å². The molecule has 0 bridgehead atoms. The molecule has 0 amide bonds. The molecule has 0 radical (unpaired) electrons. The van der Waals surface area contributed by atoms with Crippen molar-refractivity contribution in [1.29, 1.82) is 0 Å². The second kappa shape index (κ2) is 5.84. The van der Waals surface area contributed by atoms with E-state index in [9.17, 15) is 9.18 Å². The lowest BCUT2D eigenvalue weighted by Crippen LogP contribution is -2.03. The first-order valence-corrected chi connectivity index (χ1v) is 6.89. The van der Waals surface area contributed by atoms with Crippen LogP contribution in [0.2, 0.25) is 0 Å². The highest BCUT2D eigenvalue weighted by atomic mass is 32.1. The molecule has 2 heterocycles. The molecule has 3 aromatic rings. The van der Waals surface area contributed by atoms with Crippen molar-refractivity contribution in [2.75, 3.05) is 0 Å². The van der Waals surface area contributed by atoms with Crippen molar-refractivity contribution < 1.29 is 18.4 Å². The molecule has 106 valence electrons. The summed E-state index contributed by atoms with van der Waals surface area (Å²) in [4.78, 5) is 16.2. The number of halogens is 1. The van der Waals surface area contributed by atoms with Crippen LogP contribution in [0.25, 0.3) is 11.4 Å². The largest absolute Gasteiger partial charge is 0.451 e. The fourth-order valence-corrected chi connectivity index (χ4v) is 2.24. The Balaban J connectivity index is 1.65. The van der Waals surface area contributed by atoms with Crippen LogP contribution in [0.3, 0.4) is 0 Å². The van der Waals surface area contributed by atoms with Gasteiger partial charge in [0, 0.05) is 5.56 Å². The molecule has 0 aliphatic carbocycles. The maximum Gasteiger partial charge on any atom is 0.348 e. The maximum absolute atomic E-state index is 12.8. The van der Waals surface area contributed by atoms with Gasteiger partial charge < -0.3 is 9.26 Å². The number of nitrogens with zero attached hydrogens (tertiary/aromatic N) is 2. The average Bonchev–Trinajstić information content (AvgIpc) is 3.17. The van der Waals surface area contributed by atoms with Gasteiger partial charge in [-0.3, -0.25) is 0 Å². The van der Waals surface area contributed by atoms with Gasteiger partial charge in [-0.05, 0) is 35.7 Å². The zero-order chi connectivity index (χ0) is 14.7. The Hall–Kier alpha value is -2.54. The van der Waals surface area contributed by atoms with E-state index in [1.807, 2.05) is 0 Å². The van der Waals surface area contributed by atoms with Gasteiger partial charge in [0.2, 0.25) is 5.82 Å². The summed E-state index contributed by atoms with van der Waals surface area (Å²) in [5.74, 6) is -0.282. The lowest BCUT2D eigenvalue weighted by Gasteiger charge is -1.98. The monoisotopic (exact) mass is 304 g/mol. The molecule has 0 aliphatic heterocycles. The van der Waals surface area contributed by atoms with E-state index in [0.717, 1.165) is 0 Å². The van der Waals surface area contributed by atoms with Crippen molar-refractivity contribution >= 4 is 17.3 Å². The van der Waals surface area contributed by atoms with Gasteiger partial charge in [-0.2, -0.15) is 4.98 Å². The first-order chi connectivity index (χ1) is 10.2. The van der Waals surface area contributed by atoms with Gasteiger partial charge in [0.05, 0.1) is 0 Å². The molecule has 0 saturated carbocycles. The van der Waals surface area contributed by atoms with Crippen molar-refractivity contribution in [2.24, 2.45) is 0 Å². The summed E-state index contributed by atoms with van der Waals surface area (Å²) in [7, 11) is 0. The van der Waals surface area contributed by atoms with Crippen LogP contribution in [0, 0.1) is 5.82 Å². The molecule has 0 fully saturated rings. The molecule has 7 heteroatoms. The number of carbonyl (C=O) groups is 1. The Kier molecular flexibility index (Phi) is 3.74. The number of hydrogen-bond donors (Lipinski definition) is 0. The first-order valence-electron chi connectivity index (χ1n) is 6.01. The fraction of sp³-hybridized carbons (Fsp3) is 0.0714. The molecule has 1 aromatic carbocycles. The molecule has 0 unspecified atom stereocenters. The number of esters is 1. The molecule has 0 spiro atoms. The van der Waals surface area contributed by atoms with Gasteiger partial charge in [-0.1, -0.05) is 11.2 Å². The highest BCUT2D eigenvalue weighted by Gasteiger charge is 2.13.